The van der Waals surface area contributed by atoms with Gasteiger partial charge in [-0.05, 0) is 0 Å². The van der Waals surface area contributed by atoms with Crippen molar-refractivity contribution in [1.29, 1.82) is 0 Å². The second-order valence-corrected chi connectivity index (χ2v) is 6.47. The molecule has 0 aliphatic heterocycles. The van der Waals surface area contributed by atoms with Crippen LogP contribution in [0.1, 0.15) is 0 Å². The molecule has 1 rings (SSSR count). The lowest BCUT2D eigenvalue weighted by atomic mass is 10.1. The summed E-state index contributed by atoms with van der Waals surface area (Å²) < 4.78 is 0. The molecular weight excluding hydrogens is 156 g/mol. The van der Waals surface area contributed by atoms with Crippen molar-refractivity contribution in [3.63, 3.8) is 0 Å². The van der Waals surface area contributed by atoms with Gasteiger partial charge in [0, 0.05) is 0 Å². The highest BCUT2D eigenvalue weighted by atomic mass is 28.3. The van der Waals surface area contributed by atoms with Crippen LogP contribution >= 0.6 is 0 Å². The standard InChI is InChI=1S/C8H14O2Si/c1-11(2)8(10)6-4-3-5-7(8)9/h3-7,9-11H,1-2H3/t7-,8-/m0/s1. The van der Waals surface area contributed by atoms with Gasteiger partial charge in [0.2, 0.25) is 0 Å². The molecule has 1 aliphatic rings. The summed E-state index contributed by atoms with van der Waals surface area (Å²) in [5.41, 5.74) is 0. The number of hydrogen-bond acceptors (Lipinski definition) is 2. The Labute approximate surface area is 68.5 Å². The number of aliphatic hydroxyl groups excluding tert-OH is 1. The highest BCUT2D eigenvalue weighted by Gasteiger charge is 2.36. The predicted molar refractivity (Wildman–Crippen MR) is 48.1 cm³/mol. The molecule has 0 amide bonds. The summed E-state index contributed by atoms with van der Waals surface area (Å²) in [5.74, 6) is 0. The summed E-state index contributed by atoms with van der Waals surface area (Å²) in [4.78, 5) is 0. The van der Waals surface area contributed by atoms with Gasteiger partial charge >= 0.3 is 0 Å². The van der Waals surface area contributed by atoms with E-state index in [1.54, 1.807) is 24.3 Å². The number of allylic oxidation sites excluding steroid dienone is 2. The molecule has 0 unspecified atom stereocenters. The van der Waals surface area contributed by atoms with Crippen LogP contribution in [0.25, 0.3) is 0 Å². The zero-order valence-corrected chi connectivity index (χ0v) is 8.01. The van der Waals surface area contributed by atoms with Crippen molar-refractivity contribution < 1.29 is 10.2 Å². The summed E-state index contributed by atoms with van der Waals surface area (Å²) in [6.45, 7) is 4.04. The SMILES string of the molecule is C[SiH](C)[C@@]1(O)C=CC=C[C@@H]1O. The fourth-order valence-corrected chi connectivity index (χ4v) is 2.46. The Bertz CT molecular complexity index is 198. The molecule has 0 aromatic carbocycles. The molecule has 0 aromatic rings. The first-order valence-electron chi connectivity index (χ1n) is 3.84. The molecule has 0 spiro atoms. The summed E-state index contributed by atoms with van der Waals surface area (Å²) in [5, 5.41) is 18.4. The molecule has 1 aliphatic carbocycles. The van der Waals surface area contributed by atoms with Gasteiger partial charge in [-0.3, -0.25) is 0 Å². The molecule has 11 heavy (non-hydrogen) atoms. The fourth-order valence-electron chi connectivity index (χ4n) is 1.17. The van der Waals surface area contributed by atoms with Gasteiger partial charge < -0.3 is 10.2 Å². The summed E-state index contributed by atoms with van der Waals surface area (Å²) >= 11 is 0. The Morgan fingerprint density at radius 1 is 1.36 bits per heavy atom. The van der Waals surface area contributed by atoms with Crippen molar-refractivity contribution in [2.75, 3.05) is 0 Å². The molecule has 0 radical (unpaired) electrons. The first-order valence-corrected chi connectivity index (χ1v) is 6.72. The number of aliphatic hydroxyl groups is 2. The van der Waals surface area contributed by atoms with Crippen LogP contribution in [0.15, 0.2) is 24.3 Å². The van der Waals surface area contributed by atoms with E-state index in [0.29, 0.717) is 0 Å². The monoisotopic (exact) mass is 170 g/mol. The van der Waals surface area contributed by atoms with Crippen LogP contribution in [0.2, 0.25) is 13.1 Å². The Balaban J connectivity index is 2.85. The summed E-state index contributed by atoms with van der Waals surface area (Å²) in [7, 11) is -1.26. The van der Waals surface area contributed by atoms with E-state index in [1.165, 1.54) is 0 Å². The van der Waals surface area contributed by atoms with E-state index in [4.69, 9.17) is 0 Å². The first kappa shape index (κ1) is 8.71. The van der Waals surface area contributed by atoms with Gasteiger partial charge in [0.25, 0.3) is 0 Å². The second-order valence-electron chi connectivity index (χ2n) is 3.23. The topological polar surface area (TPSA) is 40.5 Å². The Kier molecular flexibility index (Phi) is 2.32. The van der Waals surface area contributed by atoms with Crippen LogP contribution < -0.4 is 0 Å². The smallest absolute Gasteiger partial charge is 0.101 e. The highest BCUT2D eigenvalue weighted by molar-refractivity contribution is 6.60. The average Bonchev–Trinajstić information content (AvgIpc) is 1.95. The minimum Gasteiger partial charge on any atom is -0.387 e. The van der Waals surface area contributed by atoms with Gasteiger partial charge in [-0.2, -0.15) is 0 Å². The van der Waals surface area contributed by atoms with E-state index in [-0.39, 0.29) is 0 Å². The highest BCUT2D eigenvalue weighted by Crippen LogP contribution is 2.21. The molecule has 2 nitrogen and oxygen atoms in total. The summed E-state index contributed by atoms with van der Waals surface area (Å²) in [6, 6.07) is 0. The van der Waals surface area contributed by atoms with Crippen LogP contribution in [0.3, 0.4) is 0 Å². The lowest BCUT2D eigenvalue weighted by Crippen LogP contribution is -2.50. The van der Waals surface area contributed by atoms with Crippen molar-refractivity contribution >= 4 is 8.80 Å². The first-order chi connectivity index (χ1) is 5.07. The maximum atomic E-state index is 9.89. The second kappa shape index (κ2) is 2.93. The molecular formula is C8H14O2Si. The van der Waals surface area contributed by atoms with Crippen molar-refractivity contribution in [3.8, 4) is 0 Å². The van der Waals surface area contributed by atoms with Gasteiger partial charge in [0.1, 0.15) is 6.10 Å². The Morgan fingerprint density at radius 3 is 2.36 bits per heavy atom. The molecule has 2 atom stereocenters. The minimum absolute atomic E-state index is 0.709. The summed E-state index contributed by atoms with van der Waals surface area (Å²) in [6.07, 6.45) is 6.18. The number of rotatable bonds is 1. The zero-order chi connectivity index (χ0) is 8.48. The predicted octanol–water partition coefficient (Wildman–Crippen LogP) is 0.230. The normalized spacial score (nSPS) is 36.6. The lowest BCUT2D eigenvalue weighted by molar-refractivity contribution is 0.0419. The van der Waals surface area contributed by atoms with E-state index in [2.05, 4.69) is 0 Å². The molecule has 0 bridgehead atoms. The third-order valence-corrected chi connectivity index (χ3v) is 4.55. The van der Waals surface area contributed by atoms with Gasteiger partial charge in [0.05, 0.1) is 14.0 Å². The van der Waals surface area contributed by atoms with Crippen molar-refractivity contribution in [1.82, 2.24) is 0 Å². The van der Waals surface area contributed by atoms with Gasteiger partial charge in [0.15, 0.2) is 0 Å². The van der Waals surface area contributed by atoms with E-state index in [9.17, 15) is 10.2 Å². The Morgan fingerprint density at radius 2 is 2.00 bits per heavy atom. The van der Waals surface area contributed by atoms with E-state index >= 15 is 0 Å². The molecule has 0 aromatic heterocycles. The van der Waals surface area contributed by atoms with Gasteiger partial charge in [-0.1, -0.05) is 37.4 Å². The maximum Gasteiger partial charge on any atom is 0.101 e. The van der Waals surface area contributed by atoms with Crippen molar-refractivity contribution in [3.05, 3.63) is 24.3 Å². The van der Waals surface area contributed by atoms with E-state index in [0.717, 1.165) is 0 Å². The van der Waals surface area contributed by atoms with E-state index < -0.39 is 20.1 Å². The van der Waals surface area contributed by atoms with Gasteiger partial charge in [-0.25, -0.2) is 0 Å². The molecule has 2 N–H and O–H groups in total. The third kappa shape index (κ3) is 1.45. The number of hydrogen-bond donors (Lipinski definition) is 2. The molecule has 3 heteroatoms. The Hall–Kier alpha value is -0.383. The largest absolute Gasteiger partial charge is 0.387 e. The molecule has 0 heterocycles. The van der Waals surface area contributed by atoms with Crippen molar-refractivity contribution in [2.24, 2.45) is 0 Å². The maximum absolute atomic E-state index is 9.89. The van der Waals surface area contributed by atoms with Gasteiger partial charge in [-0.15, -0.1) is 0 Å². The van der Waals surface area contributed by atoms with Crippen LogP contribution in [-0.4, -0.2) is 30.3 Å². The van der Waals surface area contributed by atoms with Crippen molar-refractivity contribution in [2.45, 2.75) is 24.4 Å². The third-order valence-electron chi connectivity index (χ3n) is 2.17. The van der Waals surface area contributed by atoms with Crippen LogP contribution in [0, 0.1) is 0 Å². The fraction of sp³-hybridized carbons (Fsp3) is 0.500. The molecule has 62 valence electrons. The van der Waals surface area contributed by atoms with Crippen LogP contribution in [0.4, 0.5) is 0 Å². The molecule has 0 saturated carbocycles. The minimum atomic E-state index is -1.26. The lowest BCUT2D eigenvalue weighted by Gasteiger charge is -2.33. The van der Waals surface area contributed by atoms with Crippen LogP contribution in [0.5, 0.6) is 0 Å². The zero-order valence-electron chi connectivity index (χ0n) is 6.86. The van der Waals surface area contributed by atoms with E-state index in [1.807, 2.05) is 13.1 Å². The molecule has 0 fully saturated rings. The average molecular weight is 170 g/mol. The quantitative estimate of drug-likeness (QED) is 0.553. The molecule has 0 saturated heterocycles. The van der Waals surface area contributed by atoms with Crippen LogP contribution in [-0.2, 0) is 0 Å².